The normalized spacial score (nSPS) is 11.2. The van der Waals surface area contributed by atoms with Gasteiger partial charge in [0.1, 0.15) is 0 Å². The van der Waals surface area contributed by atoms with Gasteiger partial charge in [0.25, 0.3) is 0 Å². The molecule has 2 aromatic heterocycles. The van der Waals surface area contributed by atoms with Gasteiger partial charge in [-0.2, -0.15) is 0 Å². The number of nitrogens with zero attached hydrogens (tertiary/aromatic N) is 2. The van der Waals surface area contributed by atoms with E-state index in [1.54, 1.807) is 6.20 Å². The van der Waals surface area contributed by atoms with Crippen LogP contribution >= 0.6 is 0 Å². The zero-order valence-corrected chi connectivity index (χ0v) is 7.44. The van der Waals surface area contributed by atoms with Crippen LogP contribution in [-0.4, -0.2) is 9.97 Å². The summed E-state index contributed by atoms with van der Waals surface area (Å²) in [5.74, 6) is 0. The number of pyridine rings is 2. The molecule has 0 radical (unpaired) electrons. The Balaban J connectivity index is 2.62. The lowest BCUT2D eigenvalue weighted by molar-refractivity contribution is 1.28. The van der Waals surface area contributed by atoms with Crippen molar-refractivity contribution in [2.45, 2.75) is 6.92 Å². The third-order valence-electron chi connectivity index (χ3n) is 1.83. The topological polar surface area (TPSA) is 25.8 Å². The molecular weight excluding hydrogens is 160 g/mol. The smallest absolute Gasteiger partial charge is 0.159 e. The molecule has 0 aromatic carbocycles. The fraction of sp³-hybridized carbons (Fsp3) is 0.0909. The Morgan fingerprint density at radius 1 is 1.31 bits per heavy atom. The summed E-state index contributed by atoms with van der Waals surface area (Å²) >= 11 is 0. The summed E-state index contributed by atoms with van der Waals surface area (Å²) in [5.41, 5.74) is 1.92. The molecule has 2 aromatic rings. The predicted octanol–water partition coefficient (Wildman–Crippen LogP) is 2.66. The maximum Gasteiger partial charge on any atom is 0.159 e. The highest BCUT2D eigenvalue weighted by Gasteiger charge is 1.94. The molecule has 64 valence electrons. The van der Waals surface area contributed by atoms with Crippen molar-refractivity contribution in [2.75, 3.05) is 0 Å². The van der Waals surface area contributed by atoms with Crippen LogP contribution in [0.1, 0.15) is 12.5 Å². The van der Waals surface area contributed by atoms with Gasteiger partial charge in [0.15, 0.2) is 5.65 Å². The standard InChI is InChI=1S/C11H10N2/c1-2-4-9-7-10-5-3-6-12-11(10)13-8-9/h2-8H,1H3. The third kappa shape index (κ3) is 1.56. The minimum Gasteiger partial charge on any atom is -0.237 e. The van der Waals surface area contributed by atoms with Crippen molar-refractivity contribution >= 4 is 17.1 Å². The van der Waals surface area contributed by atoms with E-state index >= 15 is 0 Å². The van der Waals surface area contributed by atoms with Gasteiger partial charge in [-0.1, -0.05) is 12.2 Å². The first-order valence-electron chi connectivity index (χ1n) is 4.23. The highest BCUT2D eigenvalue weighted by Crippen LogP contribution is 2.10. The molecule has 0 spiro atoms. The zero-order valence-electron chi connectivity index (χ0n) is 7.44. The number of hydrogen-bond acceptors (Lipinski definition) is 2. The Bertz CT molecular complexity index is 447. The van der Waals surface area contributed by atoms with E-state index in [4.69, 9.17) is 0 Å². The van der Waals surface area contributed by atoms with Crippen molar-refractivity contribution in [3.05, 3.63) is 42.2 Å². The van der Waals surface area contributed by atoms with E-state index in [1.807, 2.05) is 37.4 Å². The van der Waals surface area contributed by atoms with Gasteiger partial charge in [0.2, 0.25) is 0 Å². The SMILES string of the molecule is CC=Cc1cnc2ncccc2c1. The van der Waals surface area contributed by atoms with Gasteiger partial charge in [-0.3, -0.25) is 0 Å². The van der Waals surface area contributed by atoms with Crippen LogP contribution in [0.5, 0.6) is 0 Å². The van der Waals surface area contributed by atoms with Crippen molar-refractivity contribution in [1.82, 2.24) is 9.97 Å². The maximum absolute atomic E-state index is 4.24. The number of fused-ring (bicyclic) bond motifs is 1. The summed E-state index contributed by atoms with van der Waals surface area (Å²) in [4.78, 5) is 8.38. The van der Waals surface area contributed by atoms with E-state index in [2.05, 4.69) is 16.0 Å². The predicted molar refractivity (Wildman–Crippen MR) is 54.2 cm³/mol. The minimum absolute atomic E-state index is 0.802. The first-order valence-corrected chi connectivity index (χ1v) is 4.23. The molecule has 0 aliphatic carbocycles. The summed E-state index contributed by atoms with van der Waals surface area (Å²) in [7, 11) is 0. The van der Waals surface area contributed by atoms with Crippen LogP contribution in [0.25, 0.3) is 17.1 Å². The Hall–Kier alpha value is -1.70. The number of allylic oxidation sites excluding steroid dienone is 1. The van der Waals surface area contributed by atoms with E-state index in [0.717, 1.165) is 16.6 Å². The Morgan fingerprint density at radius 3 is 3.08 bits per heavy atom. The van der Waals surface area contributed by atoms with E-state index in [0.29, 0.717) is 0 Å². The second kappa shape index (κ2) is 3.35. The van der Waals surface area contributed by atoms with Crippen molar-refractivity contribution in [3.8, 4) is 0 Å². The molecule has 0 atom stereocenters. The molecule has 0 N–H and O–H groups in total. The molecule has 0 fully saturated rings. The monoisotopic (exact) mass is 170 g/mol. The van der Waals surface area contributed by atoms with Crippen molar-refractivity contribution < 1.29 is 0 Å². The van der Waals surface area contributed by atoms with Gasteiger partial charge >= 0.3 is 0 Å². The number of aromatic nitrogens is 2. The van der Waals surface area contributed by atoms with Gasteiger partial charge in [-0.05, 0) is 30.7 Å². The van der Waals surface area contributed by atoms with Crippen LogP contribution in [0.4, 0.5) is 0 Å². The lowest BCUT2D eigenvalue weighted by Crippen LogP contribution is -1.83. The second-order valence-electron chi connectivity index (χ2n) is 2.82. The van der Waals surface area contributed by atoms with Crippen molar-refractivity contribution in [2.24, 2.45) is 0 Å². The first kappa shape index (κ1) is 7.92. The van der Waals surface area contributed by atoms with Crippen LogP contribution in [0.15, 0.2) is 36.7 Å². The van der Waals surface area contributed by atoms with Gasteiger partial charge in [0.05, 0.1) is 0 Å². The van der Waals surface area contributed by atoms with E-state index in [-0.39, 0.29) is 0 Å². The van der Waals surface area contributed by atoms with E-state index in [9.17, 15) is 0 Å². The molecule has 2 heteroatoms. The van der Waals surface area contributed by atoms with Gasteiger partial charge in [-0.15, -0.1) is 0 Å². The average molecular weight is 170 g/mol. The molecule has 0 unspecified atom stereocenters. The third-order valence-corrected chi connectivity index (χ3v) is 1.83. The van der Waals surface area contributed by atoms with Crippen molar-refractivity contribution in [3.63, 3.8) is 0 Å². The van der Waals surface area contributed by atoms with Gasteiger partial charge in [-0.25, -0.2) is 9.97 Å². The number of rotatable bonds is 1. The quantitative estimate of drug-likeness (QED) is 0.657. The fourth-order valence-electron chi connectivity index (χ4n) is 1.27. The summed E-state index contributed by atoms with van der Waals surface area (Å²) in [6, 6.07) is 6.02. The average Bonchev–Trinajstić information content (AvgIpc) is 2.18. The van der Waals surface area contributed by atoms with Crippen LogP contribution in [-0.2, 0) is 0 Å². The van der Waals surface area contributed by atoms with Gasteiger partial charge < -0.3 is 0 Å². The Kier molecular flexibility index (Phi) is 2.04. The molecule has 0 saturated heterocycles. The molecule has 2 rings (SSSR count). The molecule has 2 heterocycles. The molecule has 0 aliphatic rings. The first-order chi connectivity index (χ1) is 6.40. The molecule has 0 bridgehead atoms. The number of hydrogen-bond donors (Lipinski definition) is 0. The summed E-state index contributed by atoms with van der Waals surface area (Å²) in [5, 5.41) is 1.08. The molecule has 0 amide bonds. The Morgan fingerprint density at radius 2 is 2.23 bits per heavy atom. The van der Waals surface area contributed by atoms with Crippen LogP contribution < -0.4 is 0 Å². The van der Waals surface area contributed by atoms with E-state index in [1.165, 1.54) is 0 Å². The zero-order chi connectivity index (χ0) is 9.10. The molecular formula is C11H10N2. The van der Waals surface area contributed by atoms with Crippen LogP contribution in [0.3, 0.4) is 0 Å². The molecule has 13 heavy (non-hydrogen) atoms. The van der Waals surface area contributed by atoms with E-state index < -0.39 is 0 Å². The second-order valence-corrected chi connectivity index (χ2v) is 2.82. The summed E-state index contributed by atoms with van der Waals surface area (Å²) < 4.78 is 0. The molecule has 0 aliphatic heterocycles. The highest BCUT2D eigenvalue weighted by atomic mass is 14.8. The lowest BCUT2D eigenvalue weighted by atomic mass is 10.2. The molecule has 0 saturated carbocycles. The lowest BCUT2D eigenvalue weighted by Gasteiger charge is -1.96. The maximum atomic E-state index is 4.24. The Labute approximate surface area is 77.0 Å². The summed E-state index contributed by atoms with van der Waals surface area (Å²) in [6.45, 7) is 1.99. The fourth-order valence-corrected chi connectivity index (χ4v) is 1.27. The highest BCUT2D eigenvalue weighted by molar-refractivity contribution is 5.76. The minimum atomic E-state index is 0.802. The van der Waals surface area contributed by atoms with Crippen LogP contribution in [0.2, 0.25) is 0 Å². The van der Waals surface area contributed by atoms with Gasteiger partial charge in [0, 0.05) is 17.8 Å². The van der Waals surface area contributed by atoms with Crippen LogP contribution in [0, 0.1) is 0 Å². The molecule has 2 nitrogen and oxygen atoms in total. The van der Waals surface area contributed by atoms with Crippen molar-refractivity contribution in [1.29, 1.82) is 0 Å². The largest absolute Gasteiger partial charge is 0.237 e. The summed E-state index contributed by atoms with van der Waals surface area (Å²) in [6.07, 6.45) is 7.61.